The molecule has 0 saturated carbocycles. The van der Waals surface area contributed by atoms with Crippen molar-refractivity contribution in [3.8, 4) is 11.3 Å². The number of furan rings is 1. The predicted octanol–water partition coefficient (Wildman–Crippen LogP) is 6.11. The zero-order valence-electron chi connectivity index (χ0n) is 13.3. The zero-order valence-corrected chi connectivity index (χ0v) is 13.3. The van der Waals surface area contributed by atoms with Crippen LogP contribution in [-0.2, 0) is 0 Å². The van der Waals surface area contributed by atoms with Crippen LogP contribution >= 0.6 is 0 Å². The van der Waals surface area contributed by atoms with E-state index in [0.717, 1.165) is 28.0 Å². The summed E-state index contributed by atoms with van der Waals surface area (Å²) < 4.78 is 5.74. The Kier molecular flexibility index (Phi) is 2.74. The molecule has 5 rings (SSSR count). The van der Waals surface area contributed by atoms with Crippen LogP contribution in [0, 0.1) is 6.92 Å². The molecule has 0 aliphatic carbocycles. The molecule has 0 saturated heterocycles. The second-order valence-electron chi connectivity index (χ2n) is 6.15. The van der Waals surface area contributed by atoms with E-state index in [4.69, 9.17) is 4.42 Å². The Hall–Kier alpha value is -3.13. The van der Waals surface area contributed by atoms with Crippen LogP contribution in [-0.4, -0.2) is 4.98 Å². The van der Waals surface area contributed by atoms with Crippen LogP contribution in [0.15, 0.2) is 77.3 Å². The van der Waals surface area contributed by atoms with E-state index in [-0.39, 0.29) is 0 Å². The van der Waals surface area contributed by atoms with Crippen LogP contribution in [0.4, 0.5) is 0 Å². The van der Waals surface area contributed by atoms with Crippen molar-refractivity contribution in [1.29, 1.82) is 0 Å². The van der Waals surface area contributed by atoms with E-state index in [2.05, 4.69) is 65.6 Å². The Labute approximate surface area is 139 Å². The van der Waals surface area contributed by atoms with Gasteiger partial charge in [-0.05, 0) is 46.7 Å². The maximum absolute atomic E-state index is 5.74. The molecule has 0 aliphatic heterocycles. The monoisotopic (exact) mass is 309 g/mol. The van der Waals surface area contributed by atoms with Crippen molar-refractivity contribution in [2.75, 3.05) is 0 Å². The summed E-state index contributed by atoms with van der Waals surface area (Å²) in [7, 11) is 0. The maximum Gasteiger partial charge on any atom is 0.137 e. The first kappa shape index (κ1) is 13.3. The zero-order chi connectivity index (χ0) is 16.1. The van der Waals surface area contributed by atoms with Crippen molar-refractivity contribution < 1.29 is 4.42 Å². The molecule has 2 heteroatoms. The molecule has 3 aromatic carbocycles. The Morgan fingerprint density at radius 2 is 1.58 bits per heavy atom. The van der Waals surface area contributed by atoms with Gasteiger partial charge in [0.25, 0.3) is 0 Å². The molecule has 0 unspecified atom stereocenters. The second-order valence-corrected chi connectivity index (χ2v) is 6.15. The van der Waals surface area contributed by atoms with Crippen LogP contribution in [0.25, 0.3) is 43.8 Å². The van der Waals surface area contributed by atoms with Crippen LogP contribution in [0.3, 0.4) is 0 Å². The number of benzene rings is 3. The molecule has 2 heterocycles. The van der Waals surface area contributed by atoms with Gasteiger partial charge < -0.3 is 4.42 Å². The lowest BCUT2D eigenvalue weighted by Crippen LogP contribution is -1.85. The van der Waals surface area contributed by atoms with Gasteiger partial charge in [0.15, 0.2) is 0 Å². The molecule has 0 aliphatic rings. The highest BCUT2D eigenvalue weighted by molar-refractivity contribution is 6.08. The smallest absolute Gasteiger partial charge is 0.137 e. The molecule has 114 valence electrons. The highest BCUT2D eigenvalue weighted by atomic mass is 16.3. The molecule has 24 heavy (non-hydrogen) atoms. The van der Waals surface area contributed by atoms with Gasteiger partial charge in [0.1, 0.15) is 11.3 Å². The van der Waals surface area contributed by atoms with Crippen molar-refractivity contribution >= 4 is 32.5 Å². The van der Waals surface area contributed by atoms with Crippen molar-refractivity contribution in [2.24, 2.45) is 0 Å². The molecule has 2 aromatic heterocycles. The summed E-state index contributed by atoms with van der Waals surface area (Å²) in [5, 5.41) is 6.11. The fourth-order valence-corrected chi connectivity index (χ4v) is 3.48. The molecule has 0 N–H and O–H groups in total. The summed E-state index contributed by atoms with van der Waals surface area (Å²) in [5.41, 5.74) is 2.97. The summed E-state index contributed by atoms with van der Waals surface area (Å²) in [4.78, 5) is 4.60. The molecule has 0 fully saturated rings. The molecule has 0 amide bonds. The Morgan fingerprint density at radius 1 is 0.750 bits per heavy atom. The van der Waals surface area contributed by atoms with Gasteiger partial charge in [0.2, 0.25) is 0 Å². The maximum atomic E-state index is 5.74. The second kappa shape index (κ2) is 4.93. The first-order chi connectivity index (χ1) is 11.8. The number of pyridine rings is 1. The van der Waals surface area contributed by atoms with E-state index >= 15 is 0 Å². The Balaban J connectivity index is 1.79. The largest absolute Gasteiger partial charge is 0.461 e. The third-order valence-electron chi connectivity index (χ3n) is 4.59. The normalized spacial score (nSPS) is 11.5. The number of aromatic nitrogens is 1. The quantitative estimate of drug-likeness (QED) is 0.349. The highest BCUT2D eigenvalue weighted by Gasteiger charge is 2.10. The van der Waals surface area contributed by atoms with E-state index in [0.29, 0.717) is 0 Å². The fraction of sp³-hybridized carbons (Fsp3) is 0.0455. The molecule has 0 atom stereocenters. The number of fused-ring (bicyclic) bond motifs is 4. The van der Waals surface area contributed by atoms with E-state index in [1.54, 1.807) is 0 Å². The lowest BCUT2D eigenvalue weighted by Gasteiger charge is -2.07. The van der Waals surface area contributed by atoms with Gasteiger partial charge in [0, 0.05) is 17.1 Å². The van der Waals surface area contributed by atoms with Crippen molar-refractivity contribution in [2.45, 2.75) is 6.92 Å². The Bertz CT molecular complexity index is 1220. The van der Waals surface area contributed by atoms with Crippen LogP contribution in [0.1, 0.15) is 5.76 Å². The van der Waals surface area contributed by atoms with Gasteiger partial charge in [-0.25, -0.2) is 0 Å². The molecular formula is C22H15NO. The minimum absolute atomic E-state index is 0.885. The van der Waals surface area contributed by atoms with Gasteiger partial charge >= 0.3 is 0 Å². The lowest BCUT2D eigenvalue weighted by atomic mass is 9.98. The predicted molar refractivity (Wildman–Crippen MR) is 99.2 cm³/mol. The van der Waals surface area contributed by atoms with Crippen LogP contribution in [0.2, 0.25) is 0 Å². The number of rotatable bonds is 1. The third kappa shape index (κ3) is 1.93. The topological polar surface area (TPSA) is 26.0 Å². The van der Waals surface area contributed by atoms with Gasteiger partial charge in [-0.3, -0.25) is 4.98 Å². The average molecular weight is 309 g/mol. The molecule has 2 nitrogen and oxygen atoms in total. The minimum atomic E-state index is 0.885. The van der Waals surface area contributed by atoms with E-state index in [1.807, 2.05) is 19.2 Å². The first-order valence-electron chi connectivity index (χ1n) is 8.07. The molecule has 0 bridgehead atoms. The average Bonchev–Trinajstić information content (AvgIpc) is 3.01. The molecule has 5 aromatic rings. The lowest BCUT2D eigenvalue weighted by molar-refractivity contribution is 0.578. The van der Waals surface area contributed by atoms with Crippen molar-refractivity contribution in [3.63, 3.8) is 0 Å². The summed E-state index contributed by atoms with van der Waals surface area (Å²) in [6.07, 6.45) is 1.81. The number of aryl methyl sites for hydroxylation is 1. The van der Waals surface area contributed by atoms with Crippen LogP contribution in [0.5, 0.6) is 0 Å². The van der Waals surface area contributed by atoms with Gasteiger partial charge in [0.05, 0.1) is 5.69 Å². The van der Waals surface area contributed by atoms with E-state index in [9.17, 15) is 0 Å². The van der Waals surface area contributed by atoms with Gasteiger partial charge in [-0.2, -0.15) is 0 Å². The van der Waals surface area contributed by atoms with Gasteiger partial charge in [-0.1, -0.05) is 48.5 Å². The Morgan fingerprint density at radius 3 is 2.54 bits per heavy atom. The third-order valence-corrected chi connectivity index (χ3v) is 4.59. The summed E-state index contributed by atoms with van der Waals surface area (Å²) in [5.74, 6) is 0.908. The highest BCUT2D eigenvalue weighted by Crippen LogP contribution is 2.32. The van der Waals surface area contributed by atoms with E-state index < -0.39 is 0 Å². The van der Waals surface area contributed by atoms with Crippen LogP contribution < -0.4 is 0 Å². The standard InChI is InChI=1S/C22H15NO/c1-14-12-20-21(24-14)10-11-23-22(20)17-8-9-19-16(13-17)7-6-15-4-2-3-5-18(15)19/h2-13H,1H3. The number of nitrogens with zero attached hydrogens (tertiary/aromatic N) is 1. The summed E-state index contributed by atoms with van der Waals surface area (Å²) >= 11 is 0. The molecule has 0 spiro atoms. The van der Waals surface area contributed by atoms with Crippen molar-refractivity contribution in [1.82, 2.24) is 4.98 Å². The van der Waals surface area contributed by atoms with Gasteiger partial charge in [-0.15, -0.1) is 0 Å². The van der Waals surface area contributed by atoms with E-state index in [1.165, 1.54) is 21.5 Å². The molecular weight excluding hydrogens is 294 g/mol. The first-order valence-corrected chi connectivity index (χ1v) is 8.07. The summed E-state index contributed by atoms with van der Waals surface area (Å²) in [6, 6.07) is 23.4. The minimum Gasteiger partial charge on any atom is -0.461 e. The number of hydrogen-bond acceptors (Lipinski definition) is 2. The van der Waals surface area contributed by atoms with Crippen molar-refractivity contribution in [3.05, 3.63) is 78.7 Å². The SMILES string of the molecule is Cc1cc2c(-c3ccc4c(ccc5ccccc54)c3)nccc2o1. The fourth-order valence-electron chi connectivity index (χ4n) is 3.48. The molecule has 0 radical (unpaired) electrons. The summed E-state index contributed by atoms with van der Waals surface area (Å²) in [6.45, 7) is 1.97. The number of hydrogen-bond donors (Lipinski definition) is 0.